The van der Waals surface area contributed by atoms with Gasteiger partial charge >= 0.3 is 0 Å². The first kappa shape index (κ1) is 19.1. The van der Waals surface area contributed by atoms with Gasteiger partial charge in [-0.2, -0.15) is 0 Å². The second-order valence-corrected chi connectivity index (χ2v) is 8.48. The SMILES string of the molecule is COc1cccc(CN2CCCC3(CCN(C(=O)CC4CC4)C3)C2=O)c1OC. The number of hydrogen-bond donors (Lipinski definition) is 0. The smallest absolute Gasteiger partial charge is 0.230 e. The van der Waals surface area contributed by atoms with E-state index in [1.165, 1.54) is 12.8 Å². The van der Waals surface area contributed by atoms with Crippen LogP contribution in [-0.2, 0) is 16.1 Å². The molecule has 0 N–H and O–H groups in total. The molecule has 1 spiro atoms. The van der Waals surface area contributed by atoms with Crippen molar-refractivity contribution in [1.29, 1.82) is 0 Å². The van der Waals surface area contributed by atoms with Crippen molar-refractivity contribution in [3.05, 3.63) is 23.8 Å². The summed E-state index contributed by atoms with van der Waals surface area (Å²) in [5.41, 5.74) is 0.552. The van der Waals surface area contributed by atoms with Crippen LogP contribution < -0.4 is 9.47 Å². The molecule has 6 heteroatoms. The van der Waals surface area contributed by atoms with Gasteiger partial charge in [-0.1, -0.05) is 12.1 Å². The van der Waals surface area contributed by atoms with Crippen LogP contribution in [0.15, 0.2) is 18.2 Å². The molecule has 1 saturated carbocycles. The van der Waals surface area contributed by atoms with Gasteiger partial charge in [0.1, 0.15) is 0 Å². The van der Waals surface area contributed by atoms with E-state index in [2.05, 4.69) is 0 Å². The number of methoxy groups -OCH3 is 2. The molecular weight excluding hydrogens is 356 g/mol. The van der Waals surface area contributed by atoms with E-state index in [4.69, 9.17) is 9.47 Å². The number of hydrogen-bond acceptors (Lipinski definition) is 4. The quantitative estimate of drug-likeness (QED) is 0.754. The Morgan fingerprint density at radius 1 is 1.18 bits per heavy atom. The number of nitrogens with zero attached hydrogens (tertiary/aromatic N) is 2. The lowest BCUT2D eigenvalue weighted by Crippen LogP contribution is -2.50. The summed E-state index contributed by atoms with van der Waals surface area (Å²) in [5.74, 6) is 2.37. The van der Waals surface area contributed by atoms with Crippen LogP contribution >= 0.6 is 0 Å². The zero-order valence-corrected chi connectivity index (χ0v) is 16.9. The van der Waals surface area contributed by atoms with Crippen LogP contribution in [0.4, 0.5) is 0 Å². The predicted octanol–water partition coefficient (Wildman–Crippen LogP) is 2.85. The molecule has 1 aliphatic carbocycles. The molecule has 0 radical (unpaired) electrons. The number of ether oxygens (including phenoxy) is 2. The Labute approximate surface area is 166 Å². The van der Waals surface area contributed by atoms with Gasteiger partial charge in [0.2, 0.25) is 11.8 Å². The second-order valence-electron chi connectivity index (χ2n) is 8.48. The summed E-state index contributed by atoms with van der Waals surface area (Å²) in [6.07, 6.45) is 5.66. The van der Waals surface area contributed by atoms with Gasteiger partial charge < -0.3 is 19.3 Å². The number of piperidine rings is 1. The first-order valence-corrected chi connectivity index (χ1v) is 10.3. The molecule has 2 saturated heterocycles. The Kier molecular flexibility index (Phi) is 5.21. The molecule has 152 valence electrons. The fraction of sp³-hybridized carbons (Fsp3) is 0.636. The van der Waals surface area contributed by atoms with Gasteiger partial charge in [0, 0.05) is 38.2 Å². The van der Waals surface area contributed by atoms with Crippen LogP contribution in [-0.4, -0.2) is 55.5 Å². The summed E-state index contributed by atoms with van der Waals surface area (Å²) in [6, 6.07) is 5.77. The second kappa shape index (κ2) is 7.64. The molecule has 1 atom stereocenters. The molecule has 2 amide bonds. The fourth-order valence-electron chi connectivity index (χ4n) is 4.75. The van der Waals surface area contributed by atoms with Gasteiger partial charge in [-0.05, 0) is 44.1 Å². The largest absolute Gasteiger partial charge is 0.493 e. The minimum atomic E-state index is -0.399. The maximum atomic E-state index is 13.4. The minimum Gasteiger partial charge on any atom is -0.493 e. The molecule has 1 unspecified atom stereocenters. The zero-order valence-electron chi connectivity index (χ0n) is 16.9. The molecule has 1 aromatic rings. The molecule has 3 fully saturated rings. The summed E-state index contributed by atoms with van der Waals surface area (Å²) in [5, 5.41) is 0. The first-order valence-electron chi connectivity index (χ1n) is 10.3. The summed E-state index contributed by atoms with van der Waals surface area (Å²) in [4.78, 5) is 29.8. The summed E-state index contributed by atoms with van der Waals surface area (Å²) < 4.78 is 10.9. The number of amides is 2. The zero-order chi connectivity index (χ0) is 19.7. The van der Waals surface area contributed by atoms with E-state index in [1.54, 1.807) is 14.2 Å². The summed E-state index contributed by atoms with van der Waals surface area (Å²) >= 11 is 0. The van der Waals surface area contributed by atoms with E-state index in [0.29, 0.717) is 43.5 Å². The van der Waals surface area contributed by atoms with E-state index in [9.17, 15) is 9.59 Å². The third-order valence-electron chi connectivity index (χ3n) is 6.54. The van der Waals surface area contributed by atoms with Gasteiger partial charge in [-0.15, -0.1) is 0 Å². The monoisotopic (exact) mass is 386 g/mol. The summed E-state index contributed by atoms with van der Waals surface area (Å²) in [6.45, 7) is 2.56. The third-order valence-corrected chi connectivity index (χ3v) is 6.54. The maximum absolute atomic E-state index is 13.4. The number of carbonyl (C=O) groups is 2. The Morgan fingerprint density at radius 3 is 2.71 bits per heavy atom. The lowest BCUT2D eigenvalue weighted by molar-refractivity contribution is -0.146. The van der Waals surface area contributed by atoms with Crippen molar-refractivity contribution in [3.63, 3.8) is 0 Å². The van der Waals surface area contributed by atoms with Crippen molar-refractivity contribution in [1.82, 2.24) is 9.80 Å². The van der Waals surface area contributed by atoms with E-state index in [0.717, 1.165) is 31.4 Å². The van der Waals surface area contributed by atoms with Crippen molar-refractivity contribution < 1.29 is 19.1 Å². The van der Waals surface area contributed by atoms with E-state index >= 15 is 0 Å². The molecule has 28 heavy (non-hydrogen) atoms. The van der Waals surface area contributed by atoms with Crippen molar-refractivity contribution in [2.24, 2.45) is 11.3 Å². The number of rotatable bonds is 6. The Morgan fingerprint density at radius 2 is 2.00 bits per heavy atom. The molecule has 2 heterocycles. The number of likely N-dealkylation sites (tertiary alicyclic amines) is 2. The predicted molar refractivity (Wildman–Crippen MR) is 105 cm³/mol. The molecule has 1 aromatic carbocycles. The van der Waals surface area contributed by atoms with Crippen molar-refractivity contribution in [2.75, 3.05) is 33.9 Å². The fourth-order valence-corrected chi connectivity index (χ4v) is 4.75. The number of carbonyl (C=O) groups excluding carboxylic acids is 2. The highest BCUT2D eigenvalue weighted by molar-refractivity contribution is 5.86. The standard InChI is InChI=1S/C22H30N2O4/c1-27-18-6-3-5-17(20(18)28-2)14-23-11-4-9-22(21(23)26)10-12-24(15-22)19(25)13-16-7-8-16/h3,5-6,16H,4,7-15H2,1-2H3. The van der Waals surface area contributed by atoms with Crippen LogP contribution in [0.1, 0.15) is 44.1 Å². The highest BCUT2D eigenvalue weighted by atomic mass is 16.5. The van der Waals surface area contributed by atoms with Gasteiger partial charge in [0.05, 0.1) is 19.6 Å². The van der Waals surface area contributed by atoms with Crippen LogP contribution in [0.2, 0.25) is 0 Å². The Hall–Kier alpha value is -2.24. The summed E-state index contributed by atoms with van der Waals surface area (Å²) in [7, 11) is 3.25. The van der Waals surface area contributed by atoms with Gasteiger partial charge in [0.25, 0.3) is 0 Å². The molecule has 4 rings (SSSR count). The van der Waals surface area contributed by atoms with Crippen molar-refractivity contribution in [3.8, 4) is 11.5 Å². The molecule has 3 aliphatic rings. The van der Waals surface area contributed by atoms with Crippen LogP contribution in [0.3, 0.4) is 0 Å². The molecule has 0 aromatic heterocycles. The lowest BCUT2D eigenvalue weighted by Gasteiger charge is -2.39. The normalized spacial score (nSPS) is 24.7. The van der Waals surface area contributed by atoms with Crippen molar-refractivity contribution >= 4 is 11.8 Å². The molecule has 0 bridgehead atoms. The van der Waals surface area contributed by atoms with Gasteiger partial charge in [-0.3, -0.25) is 9.59 Å². The topological polar surface area (TPSA) is 59.1 Å². The Bertz CT molecular complexity index is 761. The van der Waals surface area contributed by atoms with Crippen molar-refractivity contribution in [2.45, 2.75) is 45.1 Å². The van der Waals surface area contributed by atoms with Gasteiger partial charge in [-0.25, -0.2) is 0 Å². The average molecular weight is 386 g/mol. The van der Waals surface area contributed by atoms with Crippen LogP contribution in [0, 0.1) is 11.3 Å². The Balaban J connectivity index is 1.47. The minimum absolute atomic E-state index is 0.186. The van der Waals surface area contributed by atoms with Gasteiger partial charge in [0.15, 0.2) is 11.5 Å². The van der Waals surface area contributed by atoms with Crippen LogP contribution in [0.5, 0.6) is 11.5 Å². The average Bonchev–Trinajstić information content (AvgIpc) is 3.42. The molecular formula is C22H30N2O4. The lowest BCUT2D eigenvalue weighted by atomic mass is 9.78. The third kappa shape index (κ3) is 3.56. The highest BCUT2D eigenvalue weighted by Gasteiger charge is 2.49. The van der Waals surface area contributed by atoms with E-state index in [-0.39, 0.29) is 11.8 Å². The maximum Gasteiger partial charge on any atom is 0.230 e. The van der Waals surface area contributed by atoms with Crippen LogP contribution in [0.25, 0.3) is 0 Å². The first-order chi connectivity index (χ1) is 13.6. The number of benzene rings is 1. The van der Waals surface area contributed by atoms with E-state index in [1.807, 2.05) is 28.0 Å². The molecule has 6 nitrogen and oxygen atoms in total. The van der Waals surface area contributed by atoms with E-state index < -0.39 is 5.41 Å². The molecule has 2 aliphatic heterocycles. The number of para-hydroxylation sites is 1. The highest BCUT2D eigenvalue weighted by Crippen LogP contribution is 2.42.